The van der Waals surface area contributed by atoms with Gasteiger partial charge in [-0.1, -0.05) is 13.8 Å². The van der Waals surface area contributed by atoms with E-state index in [2.05, 4.69) is 13.8 Å². The van der Waals surface area contributed by atoms with Crippen LogP contribution in [0, 0.1) is 5.92 Å². The number of hydrogen-bond donors (Lipinski definition) is 0. The predicted molar refractivity (Wildman–Crippen MR) is 104 cm³/mol. The third-order valence-electron chi connectivity index (χ3n) is 4.14. The Labute approximate surface area is 156 Å². The van der Waals surface area contributed by atoms with E-state index in [1.54, 1.807) is 14.2 Å². The molecule has 2 rings (SSSR count). The van der Waals surface area contributed by atoms with Crippen LogP contribution in [0.25, 0.3) is 0 Å². The second kappa shape index (κ2) is 9.46. The lowest BCUT2D eigenvalue weighted by Gasteiger charge is -2.28. The molecule has 1 aromatic rings. The molecule has 0 saturated carbocycles. The first-order valence-corrected chi connectivity index (χ1v) is 9.15. The largest absolute Gasteiger partial charge is 0.497 e. The molecular weight excluding hydrogens is 332 g/mol. The van der Waals surface area contributed by atoms with Gasteiger partial charge in [0.25, 0.3) is 0 Å². The lowest BCUT2D eigenvalue weighted by atomic mass is 10.00. The number of methoxy groups -OCH3 is 2. The van der Waals surface area contributed by atoms with E-state index in [0.29, 0.717) is 31.4 Å². The summed E-state index contributed by atoms with van der Waals surface area (Å²) in [6.07, 6.45) is 0.633. The molecule has 6 nitrogen and oxygen atoms in total. The maximum Gasteiger partial charge on any atom is 0.210 e. The first-order chi connectivity index (χ1) is 12.5. The van der Waals surface area contributed by atoms with Crippen LogP contribution in [0.3, 0.4) is 0 Å². The average Bonchev–Trinajstić information content (AvgIpc) is 2.63. The highest BCUT2D eigenvalue weighted by Crippen LogP contribution is 2.26. The molecule has 1 aliphatic heterocycles. The van der Waals surface area contributed by atoms with Crippen molar-refractivity contribution in [1.29, 1.82) is 0 Å². The molecular formula is C20H30N2O4. The van der Waals surface area contributed by atoms with Gasteiger partial charge in [-0.05, 0) is 37.5 Å². The molecule has 0 bridgehead atoms. The van der Waals surface area contributed by atoms with Crippen LogP contribution in [-0.2, 0) is 15.9 Å². The highest BCUT2D eigenvalue weighted by atomic mass is 16.5. The molecule has 0 fully saturated rings. The minimum absolute atomic E-state index is 0.104. The van der Waals surface area contributed by atoms with Gasteiger partial charge in [0.1, 0.15) is 23.6 Å². The van der Waals surface area contributed by atoms with Crippen LogP contribution >= 0.6 is 0 Å². The summed E-state index contributed by atoms with van der Waals surface area (Å²) in [5.41, 5.74) is 1.04. The molecule has 0 saturated heterocycles. The Morgan fingerprint density at radius 1 is 0.885 bits per heavy atom. The Hall–Kier alpha value is -2.24. The zero-order valence-corrected chi connectivity index (χ0v) is 16.6. The van der Waals surface area contributed by atoms with Crippen molar-refractivity contribution >= 4 is 11.8 Å². The summed E-state index contributed by atoms with van der Waals surface area (Å²) in [6.45, 7) is 9.27. The van der Waals surface area contributed by atoms with Gasteiger partial charge in [0.15, 0.2) is 0 Å². The summed E-state index contributed by atoms with van der Waals surface area (Å²) in [6, 6.07) is 5.49. The Morgan fingerprint density at radius 2 is 1.46 bits per heavy atom. The first kappa shape index (κ1) is 20.1. The Balaban J connectivity index is 2.34. The number of benzene rings is 1. The molecule has 2 atom stereocenters. The first-order valence-electron chi connectivity index (χ1n) is 9.15. The van der Waals surface area contributed by atoms with E-state index in [1.165, 1.54) is 0 Å². The molecule has 26 heavy (non-hydrogen) atoms. The van der Waals surface area contributed by atoms with Gasteiger partial charge >= 0.3 is 0 Å². The smallest absolute Gasteiger partial charge is 0.210 e. The third kappa shape index (κ3) is 4.90. The number of ether oxygens (including phenoxy) is 4. The molecule has 0 aromatic heterocycles. The topological polar surface area (TPSA) is 61.6 Å². The Kier molecular flexibility index (Phi) is 7.30. The second-order valence-electron chi connectivity index (χ2n) is 6.43. The Bertz CT molecular complexity index is 633. The van der Waals surface area contributed by atoms with Gasteiger partial charge in [0, 0.05) is 12.5 Å². The molecule has 6 heteroatoms. The highest BCUT2D eigenvalue weighted by Gasteiger charge is 2.31. The third-order valence-corrected chi connectivity index (χ3v) is 4.14. The van der Waals surface area contributed by atoms with Crippen LogP contribution in [-0.4, -0.2) is 51.3 Å². The summed E-state index contributed by atoms with van der Waals surface area (Å²) in [7, 11) is 3.29. The van der Waals surface area contributed by atoms with Crippen molar-refractivity contribution in [1.82, 2.24) is 0 Å². The fourth-order valence-corrected chi connectivity index (χ4v) is 2.89. The summed E-state index contributed by atoms with van der Waals surface area (Å²) >= 11 is 0. The van der Waals surface area contributed by atoms with Gasteiger partial charge in [0.2, 0.25) is 11.8 Å². The minimum atomic E-state index is -0.219. The quantitative estimate of drug-likeness (QED) is 0.744. The lowest BCUT2D eigenvalue weighted by Crippen LogP contribution is -2.39. The highest BCUT2D eigenvalue weighted by molar-refractivity contribution is 5.94. The van der Waals surface area contributed by atoms with Crippen molar-refractivity contribution in [3.05, 3.63) is 23.8 Å². The fraction of sp³-hybridized carbons (Fsp3) is 0.600. The number of aliphatic imine (C=N–C) groups is 2. The average molecular weight is 362 g/mol. The number of rotatable bonds is 7. The van der Waals surface area contributed by atoms with E-state index in [9.17, 15) is 0 Å². The zero-order valence-electron chi connectivity index (χ0n) is 16.6. The monoisotopic (exact) mass is 362 g/mol. The number of nitrogens with zero attached hydrogens (tertiary/aromatic N) is 2. The van der Waals surface area contributed by atoms with E-state index < -0.39 is 0 Å². The van der Waals surface area contributed by atoms with Crippen LogP contribution in [0.1, 0.15) is 33.3 Å². The van der Waals surface area contributed by atoms with Crippen LogP contribution in [0.5, 0.6) is 11.5 Å². The molecule has 0 unspecified atom stereocenters. The second-order valence-corrected chi connectivity index (χ2v) is 6.43. The molecule has 0 amide bonds. The van der Waals surface area contributed by atoms with E-state index >= 15 is 0 Å². The zero-order chi connectivity index (χ0) is 19.1. The minimum Gasteiger partial charge on any atom is -0.497 e. The SMILES string of the molecule is CCOC1=N[C@H](Cc2cc(OC)cc(OC)c2)C(OCC)=N[C@H]1C(C)C. The van der Waals surface area contributed by atoms with Crippen molar-refractivity contribution < 1.29 is 18.9 Å². The lowest BCUT2D eigenvalue weighted by molar-refractivity contribution is 0.275. The van der Waals surface area contributed by atoms with Crippen LogP contribution in [0.2, 0.25) is 0 Å². The molecule has 144 valence electrons. The summed E-state index contributed by atoms with van der Waals surface area (Å²) in [5.74, 6) is 3.13. The standard InChI is InChI=1S/C20H30N2O4/c1-7-25-19-17(21-20(26-8-2)18(22-19)13(3)4)11-14-9-15(23-5)12-16(10-14)24-6/h9-10,12-13,17-18H,7-8,11H2,1-6H3/t17-,18+/m1/s1. The van der Waals surface area contributed by atoms with Gasteiger partial charge in [-0.3, -0.25) is 0 Å². The maximum absolute atomic E-state index is 5.81. The maximum atomic E-state index is 5.81. The van der Waals surface area contributed by atoms with Gasteiger partial charge in [-0.2, -0.15) is 0 Å². The van der Waals surface area contributed by atoms with Crippen molar-refractivity contribution in [2.45, 2.75) is 46.2 Å². The van der Waals surface area contributed by atoms with Crippen molar-refractivity contribution in [3.63, 3.8) is 0 Å². The van der Waals surface area contributed by atoms with E-state index in [1.807, 2.05) is 32.0 Å². The Morgan fingerprint density at radius 3 is 1.96 bits per heavy atom. The van der Waals surface area contributed by atoms with Crippen molar-refractivity contribution in [2.75, 3.05) is 27.4 Å². The summed E-state index contributed by atoms with van der Waals surface area (Å²) < 4.78 is 22.3. The van der Waals surface area contributed by atoms with Crippen molar-refractivity contribution in [3.8, 4) is 11.5 Å². The van der Waals surface area contributed by atoms with E-state index in [0.717, 1.165) is 17.1 Å². The molecule has 0 radical (unpaired) electrons. The molecule has 1 aliphatic rings. The molecule has 0 aliphatic carbocycles. The van der Waals surface area contributed by atoms with Gasteiger partial charge < -0.3 is 18.9 Å². The van der Waals surface area contributed by atoms with E-state index in [-0.39, 0.29) is 18.0 Å². The van der Waals surface area contributed by atoms with E-state index in [4.69, 9.17) is 28.9 Å². The summed E-state index contributed by atoms with van der Waals surface area (Å²) in [5, 5.41) is 0. The predicted octanol–water partition coefficient (Wildman–Crippen LogP) is 3.52. The molecule has 1 aromatic carbocycles. The summed E-state index contributed by atoms with van der Waals surface area (Å²) in [4.78, 5) is 9.65. The van der Waals surface area contributed by atoms with Gasteiger partial charge in [-0.15, -0.1) is 0 Å². The van der Waals surface area contributed by atoms with Gasteiger partial charge in [0.05, 0.1) is 27.4 Å². The fourth-order valence-electron chi connectivity index (χ4n) is 2.89. The van der Waals surface area contributed by atoms with Crippen molar-refractivity contribution in [2.24, 2.45) is 15.9 Å². The van der Waals surface area contributed by atoms with Crippen LogP contribution in [0.4, 0.5) is 0 Å². The molecule has 0 spiro atoms. The molecule has 1 heterocycles. The van der Waals surface area contributed by atoms with Crippen LogP contribution in [0.15, 0.2) is 28.2 Å². The molecule has 0 N–H and O–H groups in total. The normalized spacial score (nSPS) is 19.7. The number of hydrogen-bond acceptors (Lipinski definition) is 6. The van der Waals surface area contributed by atoms with Crippen LogP contribution < -0.4 is 9.47 Å². The van der Waals surface area contributed by atoms with Gasteiger partial charge in [-0.25, -0.2) is 9.98 Å².